The molecule has 1 aliphatic carbocycles. The summed E-state index contributed by atoms with van der Waals surface area (Å²) in [6.45, 7) is 3.98. The maximum Gasteiger partial charge on any atom is 0.266 e. The molecule has 2 aliphatic rings. The number of thiazole rings is 1. The maximum atomic E-state index is 12.8. The highest BCUT2D eigenvalue weighted by molar-refractivity contribution is 7.91. The number of amides is 1. The summed E-state index contributed by atoms with van der Waals surface area (Å²) in [5.74, 6) is 0.578. The van der Waals surface area contributed by atoms with Gasteiger partial charge in [0.1, 0.15) is 4.88 Å². The molecule has 0 spiro atoms. The minimum Gasteiger partial charge on any atom is -0.333 e. The fraction of sp³-hybridized carbons (Fsp3) is 0.733. The van der Waals surface area contributed by atoms with Crippen molar-refractivity contribution in [2.24, 2.45) is 0 Å². The van der Waals surface area contributed by atoms with Crippen LogP contribution in [0.2, 0.25) is 0 Å². The Morgan fingerprint density at radius 1 is 1.32 bits per heavy atom. The molecule has 0 radical (unpaired) electrons. The van der Waals surface area contributed by atoms with Crippen molar-refractivity contribution >= 4 is 27.1 Å². The molecule has 1 saturated carbocycles. The van der Waals surface area contributed by atoms with Crippen molar-refractivity contribution in [3.05, 3.63) is 15.6 Å². The molecule has 122 valence electrons. The highest BCUT2D eigenvalue weighted by Crippen LogP contribution is 2.37. The van der Waals surface area contributed by atoms with E-state index in [2.05, 4.69) is 4.98 Å². The van der Waals surface area contributed by atoms with E-state index in [-0.39, 0.29) is 23.5 Å². The number of hydrogen-bond donors (Lipinski definition) is 0. The molecule has 3 rings (SSSR count). The number of hydrogen-bond acceptors (Lipinski definition) is 5. The fourth-order valence-electron chi connectivity index (χ4n) is 3.39. The monoisotopic (exact) mass is 342 g/mol. The molecule has 1 aliphatic heterocycles. The normalized spacial score (nSPS) is 25.5. The second-order valence-corrected chi connectivity index (χ2v) is 9.67. The number of nitrogens with zero attached hydrogens (tertiary/aromatic N) is 2. The number of carbonyl (C=O) groups is 1. The van der Waals surface area contributed by atoms with Gasteiger partial charge in [-0.1, -0.05) is 12.8 Å². The van der Waals surface area contributed by atoms with Crippen LogP contribution in [0.25, 0.3) is 0 Å². The first-order valence-corrected chi connectivity index (χ1v) is 10.5. The lowest BCUT2D eigenvalue weighted by molar-refractivity contribution is 0.0716. The van der Waals surface area contributed by atoms with Crippen molar-refractivity contribution in [2.75, 3.05) is 18.1 Å². The van der Waals surface area contributed by atoms with Crippen LogP contribution in [0.4, 0.5) is 0 Å². The predicted molar refractivity (Wildman–Crippen MR) is 87.2 cm³/mol. The van der Waals surface area contributed by atoms with Gasteiger partial charge in [0, 0.05) is 18.5 Å². The Balaban J connectivity index is 1.80. The Bertz CT molecular complexity index is 675. The van der Waals surface area contributed by atoms with E-state index in [1.807, 2.05) is 13.8 Å². The molecular weight excluding hydrogens is 320 g/mol. The van der Waals surface area contributed by atoms with Crippen LogP contribution in [0.15, 0.2) is 0 Å². The molecule has 5 nitrogen and oxygen atoms in total. The Labute approximate surface area is 135 Å². The number of aryl methyl sites for hydroxylation is 1. The fourth-order valence-corrected chi connectivity index (χ4v) is 6.14. The Kier molecular flexibility index (Phi) is 4.29. The van der Waals surface area contributed by atoms with Gasteiger partial charge in [-0.2, -0.15) is 0 Å². The quantitative estimate of drug-likeness (QED) is 0.827. The van der Waals surface area contributed by atoms with Gasteiger partial charge in [0.2, 0.25) is 0 Å². The van der Waals surface area contributed by atoms with Gasteiger partial charge >= 0.3 is 0 Å². The maximum absolute atomic E-state index is 12.8. The van der Waals surface area contributed by atoms with Crippen molar-refractivity contribution in [1.82, 2.24) is 9.88 Å². The van der Waals surface area contributed by atoms with Gasteiger partial charge in [-0.05, 0) is 26.7 Å². The smallest absolute Gasteiger partial charge is 0.266 e. The summed E-state index contributed by atoms with van der Waals surface area (Å²) in [4.78, 5) is 19.8. The number of aromatic nitrogens is 1. The highest BCUT2D eigenvalue weighted by atomic mass is 32.2. The summed E-state index contributed by atoms with van der Waals surface area (Å²) in [7, 11) is -3.00. The Morgan fingerprint density at radius 2 is 2.00 bits per heavy atom. The third-order valence-corrected chi connectivity index (χ3v) is 7.75. The summed E-state index contributed by atoms with van der Waals surface area (Å²) < 4.78 is 23.3. The SMILES string of the molecule is Cc1nc(C2CCCC2)sc1C(=O)N1CCS(=O)(=O)CC1C. The molecule has 0 aromatic carbocycles. The van der Waals surface area contributed by atoms with Crippen molar-refractivity contribution in [3.63, 3.8) is 0 Å². The Hall–Kier alpha value is -0.950. The molecule has 2 fully saturated rings. The van der Waals surface area contributed by atoms with Gasteiger partial charge in [-0.25, -0.2) is 13.4 Å². The average Bonchev–Trinajstić information content (AvgIpc) is 3.05. The minimum atomic E-state index is -3.00. The largest absolute Gasteiger partial charge is 0.333 e. The van der Waals surface area contributed by atoms with E-state index in [1.54, 1.807) is 4.90 Å². The zero-order chi connectivity index (χ0) is 15.9. The standard InChI is InChI=1S/C15H22N2O3S2/c1-10-9-22(19,20)8-7-17(10)15(18)13-11(2)16-14(21-13)12-5-3-4-6-12/h10,12H,3-9H2,1-2H3. The molecule has 2 heterocycles. The summed E-state index contributed by atoms with van der Waals surface area (Å²) in [5.41, 5.74) is 0.789. The lowest BCUT2D eigenvalue weighted by Crippen LogP contribution is -2.49. The van der Waals surface area contributed by atoms with E-state index in [4.69, 9.17) is 0 Å². The van der Waals surface area contributed by atoms with E-state index in [0.29, 0.717) is 17.3 Å². The third-order valence-electron chi connectivity index (χ3n) is 4.64. The van der Waals surface area contributed by atoms with Gasteiger partial charge < -0.3 is 4.90 Å². The molecule has 1 amide bonds. The second kappa shape index (κ2) is 5.92. The van der Waals surface area contributed by atoms with E-state index >= 15 is 0 Å². The molecule has 1 aromatic heterocycles. The van der Waals surface area contributed by atoms with Crippen LogP contribution in [0.3, 0.4) is 0 Å². The van der Waals surface area contributed by atoms with Crippen molar-refractivity contribution in [2.45, 2.75) is 51.5 Å². The van der Waals surface area contributed by atoms with Crippen LogP contribution >= 0.6 is 11.3 Å². The zero-order valence-electron chi connectivity index (χ0n) is 13.0. The molecular formula is C15H22N2O3S2. The topological polar surface area (TPSA) is 67.3 Å². The average molecular weight is 342 g/mol. The number of carbonyl (C=O) groups excluding carboxylic acids is 1. The molecule has 1 saturated heterocycles. The van der Waals surface area contributed by atoms with Gasteiger partial charge in [0.15, 0.2) is 9.84 Å². The summed E-state index contributed by atoms with van der Waals surface area (Å²) in [5, 5.41) is 1.08. The number of rotatable bonds is 2. The molecule has 7 heteroatoms. The Morgan fingerprint density at radius 3 is 2.64 bits per heavy atom. The predicted octanol–water partition coefficient (Wildman–Crippen LogP) is 2.37. The van der Waals surface area contributed by atoms with E-state index < -0.39 is 9.84 Å². The molecule has 1 unspecified atom stereocenters. The lowest BCUT2D eigenvalue weighted by atomic mass is 10.1. The highest BCUT2D eigenvalue weighted by Gasteiger charge is 2.34. The summed E-state index contributed by atoms with van der Waals surface area (Å²) >= 11 is 1.51. The van der Waals surface area contributed by atoms with Crippen molar-refractivity contribution in [3.8, 4) is 0 Å². The van der Waals surface area contributed by atoms with E-state index in [9.17, 15) is 13.2 Å². The van der Waals surface area contributed by atoms with Crippen LogP contribution < -0.4 is 0 Å². The second-order valence-electron chi connectivity index (χ2n) is 6.41. The molecule has 1 aromatic rings. The summed E-state index contributed by atoms with van der Waals surface area (Å²) in [6, 6.07) is -0.261. The van der Waals surface area contributed by atoms with Crippen LogP contribution in [0.5, 0.6) is 0 Å². The van der Waals surface area contributed by atoms with Gasteiger partial charge in [0.05, 0.1) is 22.2 Å². The van der Waals surface area contributed by atoms with Gasteiger partial charge in [-0.15, -0.1) is 11.3 Å². The molecule has 1 atom stereocenters. The summed E-state index contributed by atoms with van der Waals surface area (Å²) in [6.07, 6.45) is 4.82. The first-order valence-electron chi connectivity index (χ1n) is 7.86. The van der Waals surface area contributed by atoms with Crippen LogP contribution in [-0.2, 0) is 9.84 Å². The lowest BCUT2D eigenvalue weighted by Gasteiger charge is -2.32. The molecule has 22 heavy (non-hydrogen) atoms. The zero-order valence-corrected chi connectivity index (χ0v) is 14.7. The first kappa shape index (κ1) is 15.9. The number of sulfone groups is 1. The first-order chi connectivity index (χ1) is 10.4. The minimum absolute atomic E-state index is 0.0540. The van der Waals surface area contributed by atoms with Crippen LogP contribution in [0.1, 0.15) is 58.9 Å². The van der Waals surface area contributed by atoms with E-state index in [1.165, 1.54) is 37.0 Å². The van der Waals surface area contributed by atoms with Crippen LogP contribution in [-0.4, -0.2) is 48.3 Å². The van der Waals surface area contributed by atoms with Gasteiger partial charge in [0.25, 0.3) is 5.91 Å². The van der Waals surface area contributed by atoms with Crippen LogP contribution in [0, 0.1) is 6.92 Å². The van der Waals surface area contributed by atoms with Crippen molar-refractivity contribution in [1.29, 1.82) is 0 Å². The van der Waals surface area contributed by atoms with E-state index in [0.717, 1.165) is 10.7 Å². The van der Waals surface area contributed by atoms with Gasteiger partial charge in [-0.3, -0.25) is 4.79 Å². The molecule has 0 bridgehead atoms. The molecule has 0 N–H and O–H groups in total. The third kappa shape index (κ3) is 3.06. The van der Waals surface area contributed by atoms with Crippen molar-refractivity contribution < 1.29 is 13.2 Å².